The van der Waals surface area contributed by atoms with Crippen LogP contribution in [0.3, 0.4) is 0 Å². The number of alkyl halides is 3. The van der Waals surface area contributed by atoms with E-state index in [4.69, 9.17) is 0 Å². The van der Waals surface area contributed by atoms with Crippen LogP contribution in [0.4, 0.5) is 18.9 Å². The molecule has 128 valence electrons. The van der Waals surface area contributed by atoms with Gasteiger partial charge in [0.05, 0.1) is 12.1 Å². The summed E-state index contributed by atoms with van der Waals surface area (Å²) in [5.41, 5.74) is 0.397. The third-order valence-corrected chi connectivity index (χ3v) is 3.78. The largest absolute Gasteiger partial charge is 0.573 e. The Balaban J connectivity index is 1.89. The molecular formula is C15H19F3N2O3. The van der Waals surface area contributed by atoms with Crippen LogP contribution in [0.5, 0.6) is 5.75 Å². The summed E-state index contributed by atoms with van der Waals surface area (Å²) in [6, 6.07) is 4.61. The number of carbonyl (C=O) groups is 1. The van der Waals surface area contributed by atoms with Crippen molar-refractivity contribution in [2.24, 2.45) is 0 Å². The van der Waals surface area contributed by atoms with Gasteiger partial charge in [-0.2, -0.15) is 0 Å². The van der Waals surface area contributed by atoms with E-state index in [1.165, 1.54) is 12.1 Å². The number of amides is 1. The highest BCUT2D eigenvalue weighted by Crippen LogP contribution is 2.24. The SMILES string of the molecule is C[C@@H](C(=O)Nc1ccc(OC(F)(F)F)cc1)N1CCC(O)CC1. The van der Waals surface area contributed by atoms with Gasteiger partial charge >= 0.3 is 6.36 Å². The zero-order valence-electron chi connectivity index (χ0n) is 12.6. The average molecular weight is 332 g/mol. The third-order valence-electron chi connectivity index (χ3n) is 3.78. The lowest BCUT2D eigenvalue weighted by molar-refractivity contribution is -0.274. The molecule has 0 bridgehead atoms. The van der Waals surface area contributed by atoms with E-state index in [2.05, 4.69) is 10.1 Å². The second-order valence-corrected chi connectivity index (χ2v) is 5.50. The van der Waals surface area contributed by atoms with Crippen molar-refractivity contribution in [2.75, 3.05) is 18.4 Å². The van der Waals surface area contributed by atoms with Crippen LogP contribution < -0.4 is 10.1 Å². The van der Waals surface area contributed by atoms with Gasteiger partial charge in [-0.15, -0.1) is 13.2 Å². The smallest absolute Gasteiger partial charge is 0.406 e. The van der Waals surface area contributed by atoms with Crippen molar-refractivity contribution in [1.82, 2.24) is 4.90 Å². The molecule has 0 saturated carbocycles. The van der Waals surface area contributed by atoms with E-state index in [0.717, 1.165) is 12.1 Å². The highest BCUT2D eigenvalue weighted by atomic mass is 19.4. The summed E-state index contributed by atoms with van der Waals surface area (Å²) in [6.45, 7) is 3.02. The van der Waals surface area contributed by atoms with E-state index in [9.17, 15) is 23.1 Å². The molecule has 1 aromatic rings. The second kappa shape index (κ2) is 7.18. The monoisotopic (exact) mass is 332 g/mol. The zero-order chi connectivity index (χ0) is 17.0. The molecular weight excluding hydrogens is 313 g/mol. The number of rotatable bonds is 4. The maximum Gasteiger partial charge on any atom is 0.573 e. The Morgan fingerprint density at radius 3 is 2.39 bits per heavy atom. The number of benzene rings is 1. The van der Waals surface area contributed by atoms with Crippen molar-refractivity contribution >= 4 is 11.6 Å². The summed E-state index contributed by atoms with van der Waals surface area (Å²) < 4.78 is 40.0. The van der Waals surface area contributed by atoms with Crippen LogP contribution in [-0.4, -0.2) is 47.5 Å². The first-order valence-corrected chi connectivity index (χ1v) is 7.33. The minimum atomic E-state index is -4.74. The minimum absolute atomic E-state index is 0.245. The lowest BCUT2D eigenvalue weighted by Crippen LogP contribution is -2.47. The molecule has 0 spiro atoms. The summed E-state index contributed by atoms with van der Waals surface area (Å²) in [7, 11) is 0. The molecule has 1 atom stereocenters. The van der Waals surface area contributed by atoms with Crippen LogP contribution in [-0.2, 0) is 4.79 Å². The normalized spacial score (nSPS) is 18.5. The number of likely N-dealkylation sites (tertiary alicyclic amines) is 1. The van der Waals surface area contributed by atoms with Gasteiger partial charge in [0, 0.05) is 18.8 Å². The second-order valence-electron chi connectivity index (χ2n) is 5.50. The number of nitrogens with zero attached hydrogens (tertiary/aromatic N) is 1. The van der Waals surface area contributed by atoms with Crippen LogP contribution in [0.1, 0.15) is 19.8 Å². The summed E-state index contributed by atoms with van der Waals surface area (Å²) >= 11 is 0. The Morgan fingerprint density at radius 2 is 1.87 bits per heavy atom. The molecule has 2 rings (SSSR count). The van der Waals surface area contributed by atoms with Crippen molar-refractivity contribution in [3.63, 3.8) is 0 Å². The van der Waals surface area contributed by atoms with E-state index in [-0.39, 0.29) is 23.8 Å². The Bertz CT molecular complexity index is 526. The fourth-order valence-electron chi connectivity index (χ4n) is 2.43. The molecule has 1 amide bonds. The summed E-state index contributed by atoms with van der Waals surface area (Å²) in [5.74, 6) is -0.584. The number of nitrogens with one attached hydrogen (secondary N) is 1. The van der Waals surface area contributed by atoms with E-state index in [1.807, 2.05) is 4.90 Å². The van der Waals surface area contributed by atoms with Crippen molar-refractivity contribution in [3.8, 4) is 5.75 Å². The van der Waals surface area contributed by atoms with E-state index in [0.29, 0.717) is 31.6 Å². The molecule has 1 aliphatic heterocycles. The number of piperidine rings is 1. The molecule has 1 saturated heterocycles. The molecule has 0 unspecified atom stereocenters. The molecule has 0 radical (unpaired) electrons. The number of halogens is 3. The standard InChI is InChI=1S/C15H19F3N2O3/c1-10(20-8-6-12(21)7-9-20)14(22)19-11-2-4-13(5-3-11)23-15(16,17)18/h2-5,10,12,21H,6-9H2,1H3,(H,19,22)/t10-/m0/s1. The summed E-state index contributed by atoms with van der Waals surface area (Å²) in [5, 5.41) is 12.1. The Morgan fingerprint density at radius 1 is 1.30 bits per heavy atom. The van der Waals surface area contributed by atoms with E-state index < -0.39 is 6.36 Å². The van der Waals surface area contributed by atoms with E-state index in [1.54, 1.807) is 6.92 Å². The molecule has 1 fully saturated rings. The maximum atomic E-state index is 12.2. The fraction of sp³-hybridized carbons (Fsp3) is 0.533. The van der Waals surface area contributed by atoms with Crippen molar-refractivity contribution in [2.45, 2.75) is 38.3 Å². The predicted molar refractivity (Wildman–Crippen MR) is 78.0 cm³/mol. The van der Waals surface area contributed by atoms with Gasteiger partial charge in [0.1, 0.15) is 5.75 Å². The summed E-state index contributed by atoms with van der Waals surface area (Å²) in [4.78, 5) is 14.1. The van der Waals surface area contributed by atoms with Crippen LogP contribution in [0.2, 0.25) is 0 Å². The van der Waals surface area contributed by atoms with Gasteiger partial charge in [-0.05, 0) is 44.0 Å². The first-order valence-electron chi connectivity index (χ1n) is 7.33. The Kier molecular flexibility index (Phi) is 5.48. The molecule has 8 heteroatoms. The van der Waals surface area contributed by atoms with Crippen LogP contribution >= 0.6 is 0 Å². The number of aliphatic hydroxyl groups excluding tert-OH is 1. The molecule has 2 N–H and O–H groups in total. The molecule has 5 nitrogen and oxygen atoms in total. The van der Waals surface area contributed by atoms with Crippen LogP contribution in [0.25, 0.3) is 0 Å². The number of aliphatic hydroxyl groups is 1. The molecule has 1 heterocycles. The van der Waals surface area contributed by atoms with Crippen LogP contribution in [0.15, 0.2) is 24.3 Å². The molecule has 0 aliphatic carbocycles. The number of anilines is 1. The topological polar surface area (TPSA) is 61.8 Å². The van der Waals surface area contributed by atoms with Gasteiger partial charge < -0.3 is 15.2 Å². The van der Waals surface area contributed by atoms with Gasteiger partial charge in [-0.25, -0.2) is 0 Å². The van der Waals surface area contributed by atoms with Crippen molar-refractivity contribution in [1.29, 1.82) is 0 Å². The molecule has 0 aromatic heterocycles. The Hall–Kier alpha value is -1.80. The van der Waals surface area contributed by atoms with Crippen molar-refractivity contribution in [3.05, 3.63) is 24.3 Å². The summed E-state index contributed by atoms with van der Waals surface area (Å²) in [6.07, 6.45) is -3.80. The highest BCUT2D eigenvalue weighted by Gasteiger charge is 2.31. The van der Waals surface area contributed by atoms with Gasteiger partial charge in [-0.1, -0.05) is 0 Å². The number of carbonyl (C=O) groups excluding carboxylic acids is 1. The molecule has 1 aromatic carbocycles. The Labute approximate surface area is 132 Å². The van der Waals surface area contributed by atoms with Crippen LogP contribution in [0, 0.1) is 0 Å². The lowest BCUT2D eigenvalue weighted by atomic mass is 10.1. The fourth-order valence-corrected chi connectivity index (χ4v) is 2.43. The van der Waals surface area contributed by atoms with Gasteiger partial charge in [0.2, 0.25) is 5.91 Å². The van der Waals surface area contributed by atoms with Gasteiger partial charge in [0.15, 0.2) is 0 Å². The number of hydrogen-bond donors (Lipinski definition) is 2. The van der Waals surface area contributed by atoms with E-state index >= 15 is 0 Å². The third kappa shape index (κ3) is 5.40. The first kappa shape index (κ1) is 17.6. The first-order chi connectivity index (χ1) is 10.7. The number of hydrogen-bond acceptors (Lipinski definition) is 4. The lowest BCUT2D eigenvalue weighted by Gasteiger charge is -2.33. The average Bonchev–Trinajstić information content (AvgIpc) is 2.48. The quantitative estimate of drug-likeness (QED) is 0.889. The predicted octanol–water partition coefficient (Wildman–Crippen LogP) is 2.37. The zero-order valence-corrected chi connectivity index (χ0v) is 12.6. The minimum Gasteiger partial charge on any atom is -0.406 e. The van der Waals surface area contributed by atoms with Crippen molar-refractivity contribution < 1.29 is 27.8 Å². The highest BCUT2D eigenvalue weighted by molar-refractivity contribution is 5.94. The molecule has 1 aliphatic rings. The van der Waals surface area contributed by atoms with Gasteiger partial charge in [-0.3, -0.25) is 9.69 Å². The maximum absolute atomic E-state index is 12.2. The number of ether oxygens (including phenoxy) is 1. The van der Waals surface area contributed by atoms with Gasteiger partial charge in [0.25, 0.3) is 0 Å². The molecule has 23 heavy (non-hydrogen) atoms.